The first kappa shape index (κ1) is 22.8. The molecular formula is C21H18F4N4O3. The molecule has 0 unspecified atom stereocenters. The van der Waals surface area contributed by atoms with Crippen molar-refractivity contribution in [1.82, 2.24) is 20.6 Å². The minimum atomic E-state index is -4.44. The summed E-state index contributed by atoms with van der Waals surface area (Å²) in [7, 11) is 0. The molecule has 0 radical (unpaired) electrons. The first-order chi connectivity index (χ1) is 15.3. The van der Waals surface area contributed by atoms with E-state index >= 15 is 0 Å². The highest BCUT2D eigenvalue weighted by atomic mass is 19.4. The average Bonchev–Trinajstić information content (AvgIpc) is 2.77. The number of halogens is 4. The Morgan fingerprint density at radius 1 is 0.844 bits per heavy atom. The Kier molecular flexibility index (Phi) is 7.42. The van der Waals surface area contributed by atoms with Crippen LogP contribution in [0.3, 0.4) is 0 Å². The predicted octanol–water partition coefficient (Wildman–Crippen LogP) is 4.35. The van der Waals surface area contributed by atoms with Gasteiger partial charge in [0.2, 0.25) is 11.8 Å². The number of nitrogens with one attached hydrogen (secondary N) is 2. The van der Waals surface area contributed by atoms with Crippen molar-refractivity contribution in [2.24, 2.45) is 0 Å². The third kappa shape index (κ3) is 7.74. The molecule has 0 aliphatic carbocycles. The summed E-state index contributed by atoms with van der Waals surface area (Å²) >= 11 is 0. The maximum atomic E-state index is 12.9. The van der Waals surface area contributed by atoms with E-state index in [1.807, 2.05) is 0 Å². The normalized spacial score (nSPS) is 11.0. The average molecular weight is 450 g/mol. The minimum Gasteiger partial charge on any atom is -0.468 e. The lowest BCUT2D eigenvalue weighted by Gasteiger charge is -2.10. The monoisotopic (exact) mass is 450 g/mol. The molecule has 3 rings (SSSR count). The first-order valence-corrected chi connectivity index (χ1v) is 9.31. The fraction of sp³-hybridized carbons (Fsp3) is 0.190. The maximum absolute atomic E-state index is 12.9. The van der Waals surface area contributed by atoms with E-state index in [9.17, 15) is 22.4 Å². The van der Waals surface area contributed by atoms with Crippen LogP contribution >= 0.6 is 0 Å². The van der Waals surface area contributed by atoms with E-state index in [1.165, 1.54) is 48.8 Å². The maximum Gasteiger partial charge on any atom is 0.422 e. The number of carbonyl (C=O) groups is 1. The zero-order valence-electron chi connectivity index (χ0n) is 16.5. The summed E-state index contributed by atoms with van der Waals surface area (Å²) in [6.07, 6.45) is -1.59. The van der Waals surface area contributed by atoms with Crippen LogP contribution in [0.4, 0.5) is 22.4 Å². The molecule has 11 heteroatoms. The second-order valence-electron chi connectivity index (χ2n) is 6.51. The molecule has 168 valence electrons. The van der Waals surface area contributed by atoms with Crippen LogP contribution in [0.2, 0.25) is 0 Å². The van der Waals surface area contributed by atoms with Gasteiger partial charge in [-0.05, 0) is 35.4 Å². The van der Waals surface area contributed by atoms with Crippen LogP contribution in [-0.2, 0) is 13.1 Å². The molecule has 0 bridgehead atoms. The number of ether oxygens (including phenoxy) is 2. The molecule has 0 saturated carbocycles. The molecule has 0 fully saturated rings. The van der Waals surface area contributed by atoms with Crippen molar-refractivity contribution in [2.75, 3.05) is 6.61 Å². The number of hydrogen-bond acceptors (Lipinski definition) is 5. The number of pyridine rings is 2. The molecule has 2 amide bonds. The lowest BCUT2D eigenvalue weighted by Crippen LogP contribution is -2.34. The number of alkyl halides is 3. The van der Waals surface area contributed by atoms with Gasteiger partial charge >= 0.3 is 12.2 Å². The second-order valence-corrected chi connectivity index (χ2v) is 6.51. The first-order valence-electron chi connectivity index (χ1n) is 9.31. The Hall–Kier alpha value is -3.89. The minimum absolute atomic E-state index is 0.126. The standard InChI is InChI=1S/C21H18F4N4O3/c22-16-3-5-17(6-4-16)32-19-8-2-15(10-27-19)12-29-20(30)28-11-14-1-7-18(26-9-14)31-13-21(23,24)25/h1-10H,11-13H2,(H2,28,29,30). The van der Waals surface area contributed by atoms with Gasteiger partial charge in [-0.15, -0.1) is 0 Å². The van der Waals surface area contributed by atoms with Gasteiger partial charge < -0.3 is 20.1 Å². The SMILES string of the molecule is O=C(NCc1ccc(OCC(F)(F)F)nc1)NCc1ccc(Oc2ccc(F)cc2)nc1. The van der Waals surface area contributed by atoms with Crippen molar-refractivity contribution < 1.29 is 31.8 Å². The summed E-state index contributed by atoms with van der Waals surface area (Å²) in [5.41, 5.74) is 1.31. The Bertz CT molecular complexity index is 1010. The Balaban J connectivity index is 1.39. The molecule has 0 aliphatic rings. The molecule has 0 saturated heterocycles. The van der Waals surface area contributed by atoms with Crippen LogP contribution in [0.15, 0.2) is 60.9 Å². The molecule has 2 N–H and O–H groups in total. The van der Waals surface area contributed by atoms with Gasteiger partial charge in [0.15, 0.2) is 6.61 Å². The van der Waals surface area contributed by atoms with Crippen LogP contribution in [0.1, 0.15) is 11.1 Å². The fourth-order valence-electron chi connectivity index (χ4n) is 2.38. The molecule has 2 aromatic heterocycles. The van der Waals surface area contributed by atoms with E-state index in [4.69, 9.17) is 4.74 Å². The zero-order chi connectivity index (χ0) is 23.0. The molecule has 3 aromatic rings. The van der Waals surface area contributed by atoms with Gasteiger partial charge in [-0.3, -0.25) is 0 Å². The van der Waals surface area contributed by atoms with E-state index in [0.717, 1.165) is 5.56 Å². The number of nitrogens with zero attached hydrogens (tertiary/aromatic N) is 2. The molecule has 0 atom stereocenters. The lowest BCUT2D eigenvalue weighted by molar-refractivity contribution is -0.154. The van der Waals surface area contributed by atoms with E-state index < -0.39 is 18.8 Å². The summed E-state index contributed by atoms with van der Waals surface area (Å²) in [4.78, 5) is 19.8. The fourth-order valence-corrected chi connectivity index (χ4v) is 2.38. The van der Waals surface area contributed by atoms with E-state index in [0.29, 0.717) is 17.2 Å². The molecular weight excluding hydrogens is 432 g/mol. The number of amides is 2. The van der Waals surface area contributed by atoms with Crippen LogP contribution in [0.25, 0.3) is 0 Å². The zero-order valence-corrected chi connectivity index (χ0v) is 16.5. The van der Waals surface area contributed by atoms with Crippen LogP contribution in [-0.4, -0.2) is 28.8 Å². The van der Waals surface area contributed by atoms with Crippen LogP contribution in [0, 0.1) is 5.82 Å². The van der Waals surface area contributed by atoms with Gasteiger partial charge in [-0.25, -0.2) is 19.2 Å². The van der Waals surface area contributed by atoms with Crippen LogP contribution < -0.4 is 20.1 Å². The van der Waals surface area contributed by atoms with Gasteiger partial charge in [0, 0.05) is 37.6 Å². The van der Waals surface area contributed by atoms with Gasteiger partial charge in [-0.2, -0.15) is 13.2 Å². The van der Waals surface area contributed by atoms with Crippen LogP contribution in [0.5, 0.6) is 17.5 Å². The lowest BCUT2D eigenvalue weighted by atomic mass is 10.3. The van der Waals surface area contributed by atoms with Gasteiger partial charge in [0.05, 0.1) is 0 Å². The number of benzene rings is 1. The van der Waals surface area contributed by atoms with Crippen molar-refractivity contribution in [2.45, 2.75) is 19.3 Å². The molecule has 2 heterocycles. The Morgan fingerprint density at radius 3 is 1.91 bits per heavy atom. The summed E-state index contributed by atoms with van der Waals surface area (Å²) < 4.78 is 59.3. The Labute approximate surface area is 180 Å². The highest BCUT2D eigenvalue weighted by molar-refractivity contribution is 5.73. The van der Waals surface area contributed by atoms with E-state index in [-0.39, 0.29) is 24.8 Å². The number of urea groups is 1. The topological polar surface area (TPSA) is 85.4 Å². The second kappa shape index (κ2) is 10.4. The number of rotatable bonds is 8. The van der Waals surface area contributed by atoms with E-state index in [1.54, 1.807) is 12.1 Å². The van der Waals surface area contributed by atoms with Gasteiger partial charge in [-0.1, -0.05) is 12.1 Å². The highest BCUT2D eigenvalue weighted by Gasteiger charge is 2.28. The molecule has 0 aliphatic heterocycles. The van der Waals surface area contributed by atoms with Crippen molar-refractivity contribution in [3.63, 3.8) is 0 Å². The smallest absolute Gasteiger partial charge is 0.422 e. The summed E-state index contributed by atoms with van der Waals surface area (Å²) in [6.45, 7) is -1.09. The molecule has 7 nitrogen and oxygen atoms in total. The van der Waals surface area contributed by atoms with Gasteiger partial charge in [0.1, 0.15) is 11.6 Å². The molecule has 1 aromatic carbocycles. The molecule has 32 heavy (non-hydrogen) atoms. The largest absolute Gasteiger partial charge is 0.468 e. The van der Waals surface area contributed by atoms with Crippen molar-refractivity contribution >= 4 is 6.03 Å². The van der Waals surface area contributed by atoms with Crippen molar-refractivity contribution in [3.05, 3.63) is 77.9 Å². The summed E-state index contributed by atoms with van der Waals surface area (Å²) in [5.74, 6) is 0.238. The number of carbonyl (C=O) groups excluding carboxylic acids is 1. The Morgan fingerprint density at radius 2 is 1.41 bits per heavy atom. The van der Waals surface area contributed by atoms with Gasteiger partial charge in [0.25, 0.3) is 0 Å². The predicted molar refractivity (Wildman–Crippen MR) is 106 cm³/mol. The van der Waals surface area contributed by atoms with Crippen molar-refractivity contribution in [1.29, 1.82) is 0 Å². The highest BCUT2D eigenvalue weighted by Crippen LogP contribution is 2.19. The molecule has 0 spiro atoms. The number of aromatic nitrogens is 2. The summed E-state index contributed by atoms with van der Waals surface area (Å²) in [5, 5.41) is 5.26. The number of hydrogen-bond donors (Lipinski definition) is 2. The summed E-state index contributed by atoms with van der Waals surface area (Å²) in [6, 6.07) is 11.2. The van der Waals surface area contributed by atoms with Crippen molar-refractivity contribution in [3.8, 4) is 17.5 Å². The third-order valence-corrected chi connectivity index (χ3v) is 3.92. The quantitative estimate of drug-likeness (QED) is 0.499. The van der Waals surface area contributed by atoms with E-state index in [2.05, 4.69) is 25.3 Å². The third-order valence-electron chi connectivity index (χ3n) is 3.92.